The van der Waals surface area contributed by atoms with Gasteiger partial charge in [0.1, 0.15) is 0 Å². The lowest BCUT2D eigenvalue weighted by Gasteiger charge is -2.16. The number of nitrogens with one attached hydrogen (secondary N) is 4. The van der Waals surface area contributed by atoms with Crippen LogP contribution in [0, 0.1) is 12.3 Å². The molecule has 0 bridgehead atoms. The van der Waals surface area contributed by atoms with Crippen molar-refractivity contribution < 1.29 is 14.4 Å². The predicted molar refractivity (Wildman–Crippen MR) is 103 cm³/mol. The summed E-state index contributed by atoms with van der Waals surface area (Å²) < 4.78 is 0. The highest BCUT2D eigenvalue weighted by atomic mass is 32.2. The molecule has 0 aromatic carbocycles. The van der Waals surface area contributed by atoms with Gasteiger partial charge in [-0.1, -0.05) is 6.42 Å². The Hall–Kier alpha value is -1.88. The zero-order valence-electron chi connectivity index (χ0n) is 15.0. The van der Waals surface area contributed by atoms with E-state index in [2.05, 4.69) is 27.2 Å². The number of fused-ring (bicyclic) bond motifs is 1. The van der Waals surface area contributed by atoms with Crippen molar-refractivity contribution in [3.05, 3.63) is 0 Å². The van der Waals surface area contributed by atoms with Crippen molar-refractivity contribution in [2.24, 2.45) is 0 Å². The Labute approximate surface area is 159 Å². The molecule has 2 heterocycles. The van der Waals surface area contributed by atoms with Gasteiger partial charge in [0.2, 0.25) is 11.8 Å². The maximum absolute atomic E-state index is 11.8. The van der Waals surface area contributed by atoms with Gasteiger partial charge in [-0.05, 0) is 19.3 Å². The van der Waals surface area contributed by atoms with Crippen LogP contribution in [0.4, 0.5) is 4.79 Å². The van der Waals surface area contributed by atoms with Gasteiger partial charge in [0.05, 0.1) is 12.1 Å². The fourth-order valence-electron chi connectivity index (χ4n) is 3.21. The Balaban J connectivity index is 1.45. The summed E-state index contributed by atoms with van der Waals surface area (Å²) in [6, 6.07) is 0.418. The quantitative estimate of drug-likeness (QED) is 0.241. The fourth-order valence-corrected chi connectivity index (χ4v) is 4.75. The van der Waals surface area contributed by atoms with Crippen molar-refractivity contribution in [3.63, 3.8) is 0 Å². The number of carbonyl (C=O) groups is 3. The molecule has 3 atom stereocenters. The average Bonchev–Trinajstić information content (AvgIpc) is 3.15. The highest BCUT2D eigenvalue weighted by molar-refractivity contribution is 8.00. The Morgan fingerprint density at radius 1 is 1.12 bits per heavy atom. The first-order valence-corrected chi connectivity index (χ1v) is 10.3. The molecule has 0 aromatic heterocycles. The summed E-state index contributed by atoms with van der Waals surface area (Å²) in [6.07, 6.45) is 10.2. The van der Waals surface area contributed by atoms with Crippen LogP contribution in [0.3, 0.4) is 0 Å². The van der Waals surface area contributed by atoms with Gasteiger partial charge in [0, 0.05) is 43.4 Å². The molecule has 2 saturated heterocycles. The number of unbranched alkanes of at least 4 members (excludes halogenated alkanes) is 2. The van der Waals surface area contributed by atoms with E-state index in [0.717, 1.165) is 25.0 Å². The number of terminal acetylenes is 1. The third-order valence-corrected chi connectivity index (χ3v) is 6.08. The van der Waals surface area contributed by atoms with Crippen LogP contribution < -0.4 is 21.3 Å². The lowest BCUT2D eigenvalue weighted by molar-refractivity contribution is -0.123. The maximum Gasteiger partial charge on any atom is 0.315 e. The van der Waals surface area contributed by atoms with Crippen molar-refractivity contribution >= 4 is 29.6 Å². The smallest absolute Gasteiger partial charge is 0.315 e. The van der Waals surface area contributed by atoms with Crippen LogP contribution >= 0.6 is 11.8 Å². The van der Waals surface area contributed by atoms with Gasteiger partial charge in [0.15, 0.2) is 0 Å². The monoisotopic (exact) mass is 380 g/mol. The van der Waals surface area contributed by atoms with E-state index in [1.165, 1.54) is 0 Å². The molecule has 2 aliphatic rings. The molecule has 4 amide bonds. The maximum atomic E-state index is 11.8. The average molecular weight is 381 g/mol. The SMILES string of the molecule is C#CCCCC(=O)NCCNC(=O)CCCC[C@@H]1SC[C@@H]2NC(=O)N[C@@H]21. The molecular weight excluding hydrogens is 352 g/mol. The van der Waals surface area contributed by atoms with E-state index in [1.807, 2.05) is 11.8 Å². The number of carbonyl (C=O) groups excluding carboxylic acids is 3. The van der Waals surface area contributed by atoms with Crippen molar-refractivity contribution in [3.8, 4) is 12.3 Å². The van der Waals surface area contributed by atoms with E-state index in [1.54, 1.807) is 0 Å². The van der Waals surface area contributed by atoms with Gasteiger partial charge < -0.3 is 21.3 Å². The van der Waals surface area contributed by atoms with E-state index >= 15 is 0 Å². The van der Waals surface area contributed by atoms with E-state index in [0.29, 0.717) is 44.0 Å². The van der Waals surface area contributed by atoms with Crippen molar-refractivity contribution in [2.75, 3.05) is 18.8 Å². The molecule has 0 aromatic rings. The first-order chi connectivity index (χ1) is 12.6. The summed E-state index contributed by atoms with van der Waals surface area (Å²) in [7, 11) is 0. The molecule has 2 fully saturated rings. The summed E-state index contributed by atoms with van der Waals surface area (Å²) in [5.74, 6) is 3.44. The minimum Gasteiger partial charge on any atom is -0.354 e. The van der Waals surface area contributed by atoms with Gasteiger partial charge in [-0.3, -0.25) is 9.59 Å². The third kappa shape index (κ3) is 6.79. The van der Waals surface area contributed by atoms with Crippen LogP contribution in [0.2, 0.25) is 0 Å². The summed E-state index contributed by atoms with van der Waals surface area (Å²) in [4.78, 5) is 34.6. The van der Waals surface area contributed by atoms with Gasteiger partial charge in [-0.2, -0.15) is 11.8 Å². The lowest BCUT2D eigenvalue weighted by Crippen LogP contribution is -2.36. The van der Waals surface area contributed by atoms with Gasteiger partial charge in [-0.25, -0.2) is 4.79 Å². The first-order valence-electron chi connectivity index (χ1n) is 9.25. The van der Waals surface area contributed by atoms with Crippen molar-refractivity contribution in [2.45, 2.75) is 62.3 Å². The van der Waals surface area contributed by atoms with Crippen molar-refractivity contribution in [1.82, 2.24) is 21.3 Å². The molecule has 0 radical (unpaired) electrons. The molecule has 2 rings (SSSR count). The molecule has 7 nitrogen and oxygen atoms in total. The van der Waals surface area contributed by atoms with Gasteiger partial charge >= 0.3 is 6.03 Å². The second-order valence-electron chi connectivity index (χ2n) is 6.63. The Morgan fingerprint density at radius 3 is 2.50 bits per heavy atom. The zero-order chi connectivity index (χ0) is 18.8. The number of hydrogen-bond acceptors (Lipinski definition) is 4. The molecule has 0 unspecified atom stereocenters. The van der Waals surface area contributed by atoms with Crippen LogP contribution in [0.25, 0.3) is 0 Å². The number of urea groups is 1. The minimum atomic E-state index is -0.0622. The number of amides is 4. The van der Waals surface area contributed by atoms with Crippen LogP contribution in [0.1, 0.15) is 44.9 Å². The number of hydrogen-bond donors (Lipinski definition) is 4. The minimum absolute atomic E-state index is 0.0133. The van der Waals surface area contributed by atoms with E-state index in [4.69, 9.17) is 6.42 Å². The summed E-state index contributed by atoms with van der Waals surface area (Å²) in [5.41, 5.74) is 0. The molecule has 4 N–H and O–H groups in total. The van der Waals surface area contributed by atoms with Crippen LogP contribution in [0.5, 0.6) is 0 Å². The molecule has 144 valence electrons. The molecule has 26 heavy (non-hydrogen) atoms. The van der Waals surface area contributed by atoms with E-state index in [-0.39, 0.29) is 29.9 Å². The Bertz CT molecular complexity index is 549. The highest BCUT2D eigenvalue weighted by Gasteiger charge is 2.42. The molecule has 8 heteroatoms. The molecule has 0 aliphatic carbocycles. The van der Waals surface area contributed by atoms with Crippen LogP contribution in [-0.4, -0.2) is 54.0 Å². The topological polar surface area (TPSA) is 99.3 Å². The largest absolute Gasteiger partial charge is 0.354 e. The molecular formula is C18H28N4O3S. The third-order valence-electron chi connectivity index (χ3n) is 4.57. The fraction of sp³-hybridized carbons (Fsp3) is 0.722. The highest BCUT2D eigenvalue weighted by Crippen LogP contribution is 2.33. The van der Waals surface area contributed by atoms with Crippen molar-refractivity contribution in [1.29, 1.82) is 0 Å². The summed E-state index contributed by atoms with van der Waals surface area (Å²) in [5, 5.41) is 11.9. The first kappa shape index (κ1) is 20.4. The molecule has 0 spiro atoms. The van der Waals surface area contributed by atoms with Crippen LogP contribution in [0.15, 0.2) is 0 Å². The van der Waals surface area contributed by atoms with E-state index in [9.17, 15) is 14.4 Å². The van der Waals surface area contributed by atoms with Gasteiger partial charge in [0.25, 0.3) is 0 Å². The number of rotatable bonds is 11. The Morgan fingerprint density at radius 2 is 1.81 bits per heavy atom. The Kier molecular flexibility index (Phi) is 8.62. The molecule has 0 saturated carbocycles. The van der Waals surface area contributed by atoms with E-state index < -0.39 is 0 Å². The predicted octanol–water partition coefficient (Wildman–Crippen LogP) is 0.748. The number of thioether (sulfide) groups is 1. The zero-order valence-corrected chi connectivity index (χ0v) is 15.8. The summed E-state index contributed by atoms with van der Waals surface area (Å²) in [6.45, 7) is 0.884. The summed E-state index contributed by atoms with van der Waals surface area (Å²) >= 11 is 1.89. The molecule has 2 aliphatic heterocycles. The van der Waals surface area contributed by atoms with Gasteiger partial charge in [-0.15, -0.1) is 12.3 Å². The second kappa shape index (κ2) is 11.0. The standard InChI is InChI=1S/C18H28N4O3S/c1-2-3-4-8-15(23)19-10-11-20-16(24)9-6-5-7-14-17-13(12-26-14)21-18(25)22-17/h1,13-14,17H,3-12H2,(H,19,23)(H,20,24)(H2,21,22,25)/t13-,14-,17-/m0/s1. The second-order valence-corrected chi connectivity index (χ2v) is 7.90. The van der Waals surface area contributed by atoms with Crippen LogP contribution in [-0.2, 0) is 9.59 Å². The lowest BCUT2D eigenvalue weighted by atomic mass is 10.0. The normalized spacial score (nSPS) is 23.5.